The lowest BCUT2D eigenvalue weighted by Crippen LogP contribution is -2.20. The minimum Gasteiger partial charge on any atom is -0.388 e. The molecule has 4 rings (SSSR count). The van der Waals surface area contributed by atoms with Crippen molar-refractivity contribution in [2.24, 2.45) is 16.6 Å². The lowest BCUT2D eigenvalue weighted by atomic mass is 10.0. The molecule has 1 unspecified atom stereocenters. The third-order valence-corrected chi connectivity index (χ3v) is 5.39. The van der Waals surface area contributed by atoms with Crippen LogP contribution < -0.4 is 11.1 Å². The highest BCUT2D eigenvalue weighted by molar-refractivity contribution is 5.77. The first-order valence-electron chi connectivity index (χ1n) is 9.12. The predicted octanol–water partition coefficient (Wildman–Crippen LogP) is 3.09. The molecule has 25 heavy (non-hydrogen) atoms. The first-order chi connectivity index (χ1) is 12.0. The Morgan fingerprint density at radius 2 is 2.20 bits per heavy atom. The van der Waals surface area contributed by atoms with E-state index >= 15 is 0 Å². The Labute approximate surface area is 146 Å². The van der Waals surface area contributed by atoms with E-state index in [4.69, 9.17) is 5.73 Å². The maximum absolute atomic E-state index is 14.1. The van der Waals surface area contributed by atoms with Crippen molar-refractivity contribution in [2.45, 2.75) is 64.0 Å². The van der Waals surface area contributed by atoms with Gasteiger partial charge in [-0.25, -0.2) is 9.37 Å². The number of nitrogens with one attached hydrogen (secondary N) is 1. The molecule has 0 aliphatic heterocycles. The summed E-state index contributed by atoms with van der Waals surface area (Å²) in [5, 5.41) is 7.70. The van der Waals surface area contributed by atoms with Crippen LogP contribution in [0.5, 0.6) is 0 Å². The van der Waals surface area contributed by atoms with Crippen molar-refractivity contribution in [3.05, 3.63) is 23.8 Å². The summed E-state index contributed by atoms with van der Waals surface area (Å²) in [6.07, 6.45) is 6.66. The first kappa shape index (κ1) is 16.3. The van der Waals surface area contributed by atoms with Gasteiger partial charge in [0.05, 0.1) is 18.1 Å². The summed E-state index contributed by atoms with van der Waals surface area (Å²) in [5.41, 5.74) is 6.95. The Hall–Kier alpha value is -2.18. The zero-order valence-corrected chi connectivity index (χ0v) is 14.7. The summed E-state index contributed by atoms with van der Waals surface area (Å²) in [6.45, 7) is 4.00. The van der Waals surface area contributed by atoms with E-state index in [2.05, 4.69) is 27.3 Å². The van der Waals surface area contributed by atoms with Gasteiger partial charge in [0.15, 0.2) is 11.5 Å². The average Bonchev–Trinajstić information content (AvgIpc) is 3.23. The van der Waals surface area contributed by atoms with E-state index in [0.29, 0.717) is 23.3 Å². The van der Waals surface area contributed by atoms with Gasteiger partial charge in [0.25, 0.3) is 0 Å². The normalized spacial score (nSPS) is 25.5. The zero-order valence-electron chi connectivity index (χ0n) is 14.7. The molecule has 0 spiro atoms. The number of hydrogen-bond acceptors (Lipinski definition) is 4. The number of rotatable bonds is 5. The van der Waals surface area contributed by atoms with Gasteiger partial charge < -0.3 is 11.1 Å². The monoisotopic (exact) mass is 344 g/mol. The average molecular weight is 344 g/mol. The highest BCUT2D eigenvalue weighted by Crippen LogP contribution is 2.42. The Bertz CT molecular complexity index is 805. The van der Waals surface area contributed by atoms with Gasteiger partial charge in [-0.05, 0) is 44.9 Å². The number of anilines is 1. The maximum Gasteiger partial charge on any atom is 0.193 e. The number of aromatic nitrogens is 3. The number of fused-ring (bicyclic) bond motifs is 1. The summed E-state index contributed by atoms with van der Waals surface area (Å²) in [5.74, 6) is 2.09. The number of nitrogens with zero attached hydrogens (tertiary/aromatic N) is 4. The topological polar surface area (TPSA) is 80.6 Å². The standard InChI is InChI=1S/C18H25FN6/c1-10(12-3-4-12)16-8-17(25-18(24-16)15(19)9-21-25)23-14-6-5-13(7-14)22-11(2)20/h8-10,12-14,23H,3-7H2,1-2H3,(H2,20,22)/t10?,13-,14-/m0/s1. The maximum atomic E-state index is 14.1. The molecule has 2 aromatic rings. The molecule has 2 saturated carbocycles. The fourth-order valence-electron chi connectivity index (χ4n) is 3.83. The van der Waals surface area contributed by atoms with Crippen LogP contribution in [-0.4, -0.2) is 32.5 Å². The minimum atomic E-state index is -0.374. The van der Waals surface area contributed by atoms with Gasteiger partial charge in [0.2, 0.25) is 0 Å². The van der Waals surface area contributed by atoms with E-state index in [-0.39, 0.29) is 17.9 Å². The van der Waals surface area contributed by atoms with Crippen molar-refractivity contribution >= 4 is 17.3 Å². The zero-order chi connectivity index (χ0) is 17.6. The van der Waals surface area contributed by atoms with Crippen molar-refractivity contribution in [1.82, 2.24) is 14.6 Å². The fraction of sp³-hybridized carbons (Fsp3) is 0.611. The fourth-order valence-corrected chi connectivity index (χ4v) is 3.83. The summed E-state index contributed by atoms with van der Waals surface area (Å²) in [4.78, 5) is 9.00. The minimum absolute atomic E-state index is 0.263. The molecular weight excluding hydrogens is 319 g/mol. The second-order valence-corrected chi connectivity index (χ2v) is 7.50. The molecule has 2 aromatic heterocycles. The number of amidine groups is 1. The van der Waals surface area contributed by atoms with Crippen molar-refractivity contribution in [2.75, 3.05) is 5.32 Å². The SMILES string of the molecule is CC(N)=N[C@H]1CC[C@H](Nc2cc(C(C)C3CC3)nc3c(F)cnn23)C1. The lowest BCUT2D eigenvalue weighted by Gasteiger charge is -2.17. The van der Waals surface area contributed by atoms with Crippen molar-refractivity contribution in [3.63, 3.8) is 0 Å². The van der Waals surface area contributed by atoms with Gasteiger partial charge in [-0.15, -0.1) is 0 Å². The Morgan fingerprint density at radius 1 is 1.40 bits per heavy atom. The molecule has 0 radical (unpaired) electrons. The molecule has 6 nitrogen and oxygen atoms in total. The van der Waals surface area contributed by atoms with Crippen LogP contribution in [0.15, 0.2) is 17.3 Å². The molecule has 0 bridgehead atoms. The highest BCUT2D eigenvalue weighted by atomic mass is 19.1. The Kier molecular flexibility index (Phi) is 4.09. The summed E-state index contributed by atoms with van der Waals surface area (Å²) in [6, 6.07) is 2.59. The van der Waals surface area contributed by atoms with E-state index in [0.717, 1.165) is 30.8 Å². The van der Waals surface area contributed by atoms with E-state index in [1.807, 2.05) is 13.0 Å². The molecule has 3 N–H and O–H groups in total. The van der Waals surface area contributed by atoms with Gasteiger partial charge in [-0.3, -0.25) is 4.99 Å². The molecule has 2 fully saturated rings. The van der Waals surface area contributed by atoms with Crippen molar-refractivity contribution in [1.29, 1.82) is 0 Å². The van der Waals surface area contributed by atoms with E-state index in [1.165, 1.54) is 19.0 Å². The number of hydrogen-bond donors (Lipinski definition) is 2. The lowest BCUT2D eigenvalue weighted by molar-refractivity contribution is 0.623. The van der Waals surface area contributed by atoms with Crippen LogP contribution in [-0.2, 0) is 0 Å². The molecule has 134 valence electrons. The molecule has 0 amide bonds. The third kappa shape index (κ3) is 3.32. The Balaban J connectivity index is 1.61. The van der Waals surface area contributed by atoms with Gasteiger partial charge in [0, 0.05) is 23.7 Å². The number of aliphatic imine (C=N–C) groups is 1. The largest absolute Gasteiger partial charge is 0.388 e. The molecule has 0 aromatic carbocycles. The van der Waals surface area contributed by atoms with E-state index in [1.54, 1.807) is 4.52 Å². The van der Waals surface area contributed by atoms with Crippen LogP contribution in [0, 0.1) is 11.7 Å². The van der Waals surface area contributed by atoms with E-state index < -0.39 is 0 Å². The second kappa shape index (κ2) is 6.28. The number of nitrogens with two attached hydrogens (primary N) is 1. The van der Waals surface area contributed by atoms with Crippen LogP contribution >= 0.6 is 0 Å². The summed E-state index contributed by atoms with van der Waals surface area (Å²) < 4.78 is 15.7. The van der Waals surface area contributed by atoms with Crippen molar-refractivity contribution < 1.29 is 4.39 Å². The predicted molar refractivity (Wildman–Crippen MR) is 96.4 cm³/mol. The smallest absolute Gasteiger partial charge is 0.193 e. The Morgan fingerprint density at radius 3 is 2.92 bits per heavy atom. The van der Waals surface area contributed by atoms with Crippen LogP contribution in [0.3, 0.4) is 0 Å². The van der Waals surface area contributed by atoms with Gasteiger partial charge >= 0.3 is 0 Å². The van der Waals surface area contributed by atoms with E-state index in [9.17, 15) is 4.39 Å². The van der Waals surface area contributed by atoms with Crippen LogP contribution in [0.4, 0.5) is 10.2 Å². The van der Waals surface area contributed by atoms with Crippen LogP contribution in [0.1, 0.15) is 57.6 Å². The molecular formula is C18H25FN6. The third-order valence-electron chi connectivity index (χ3n) is 5.39. The van der Waals surface area contributed by atoms with Crippen LogP contribution in [0.2, 0.25) is 0 Å². The summed E-state index contributed by atoms with van der Waals surface area (Å²) in [7, 11) is 0. The molecule has 3 atom stereocenters. The second-order valence-electron chi connectivity index (χ2n) is 7.50. The molecule has 0 saturated heterocycles. The quantitative estimate of drug-likeness (QED) is 0.645. The van der Waals surface area contributed by atoms with Gasteiger partial charge in [-0.2, -0.15) is 9.61 Å². The molecule has 2 heterocycles. The van der Waals surface area contributed by atoms with Gasteiger partial charge in [0.1, 0.15) is 5.82 Å². The molecule has 2 aliphatic carbocycles. The highest BCUT2D eigenvalue weighted by Gasteiger charge is 2.31. The van der Waals surface area contributed by atoms with Crippen LogP contribution in [0.25, 0.3) is 5.65 Å². The molecule has 2 aliphatic rings. The van der Waals surface area contributed by atoms with Gasteiger partial charge in [-0.1, -0.05) is 6.92 Å². The number of halogens is 1. The van der Waals surface area contributed by atoms with Crippen molar-refractivity contribution in [3.8, 4) is 0 Å². The summed E-state index contributed by atoms with van der Waals surface area (Å²) >= 11 is 0. The first-order valence-corrected chi connectivity index (χ1v) is 9.12. The molecule has 7 heteroatoms.